The van der Waals surface area contributed by atoms with Gasteiger partial charge in [-0.3, -0.25) is 29.4 Å². The van der Waals surface area contributed by atoms with Crippen LogP contribution in [0.5, 0.6) is 11.5 Å². The summed E-state index contributed by atoms with van der Waals surface area (Å²) in [6.07, 6.45) is 0.969. The Morgan fingerprint density at radius 3 is 2.72 bits per heavy atom. The highest BCUT2D eigenvalue weighted by Crippen LogP contribution is 2.54. The molecule has 4 aliphatic rings. The lowest BCUT2D eigenvalue weighted by molar-refractivity contribution is -0.143. The number of carbonyl (C=O) groups is 4. The SMILES string of the molecule is CCc1cccc2c1NC(=O)[C@@]21N[C@@H](CCC(N)=O)[C@H]2C(=O)N(Cc3ccc4c(c3)OCO4)C(=O)[C@H]21. The van der Waals surface area contributed by atoms with E-state index >= 15 is 0 Å². The Labute approximate surface area is 207 Å². The molecule has 4 atom stereocenters. The van der Waals surface area contributed by atoms with E-state index in [1.54, 1.807) is 18.2 Å². The highest BCUT2D eigenvalue weighted by Gasteiger charge is 2.70. The number of hydrogen-bond donors (Lipinski definition) is 3. The zero-order valence-electron chi connectivity index (χ0n) is 19.7. The number of ether oxygens (including phenoxy) is 2. The van der Waals surface area contributed by atoms with Crippen molar-refractivity contribution in [2.45, 2.75) is 44.3 Å². The molecule has 4 N–H and O–H groups in total. The third kappa shape index (κ3) is 3.07. The molecular formula is C26H26N4O6. The van der Waals surface area contributed by atoms with Crippen molar-refractivity contribution in [3.63, 3.8) is 0 Å². The van der Waals surface area contributed by atoms with E-state index in [4.69, 9.17) is 15.2 Å². The summed E-state index contributed by atoms with van der Waals surface area (Å²) in [4.78, 5) is 54.1. The maximum absolute atomic E-state index is 13.9. The molecule has 1 spiro atoms. The topological polar surface area (TPSA) is 140 Å². The number of aryl methyl sites for hydroxylation is 1. The third-order valence-corrected chi connectivity index (χ3v) is 7.79. The largest absolute Gasteiger partial charge is 0.454 e. The molecule has 4 aliphatic heterocycles. The number of nitrogens with two attached hydrogens (primary N) is 1. The van der Waals surface area contributed by atoms with Crippen molar-refractivity contribution in [3.8, 4) is 11.5 Å². The zero-order chi connectivity index (χ0) is 25.2. The maximum atomic E-state index is 13.9. The Morgan fingerprint density at radius 2 is 1.94 bits per heavy atom. The summed E-state index contributed by atoms with van der Waals surface area (Å²) in [6.45, 7) is 2.16. The normalized spacial score (nSPS) is 27.5. The Bertz CT molecular complexity index is 1330. The monoisotopic (exact) mass is 490 g/mol. The standard InChI is InChI=1S/C26H26N4O6/c1-2-14-4-3-5-15-22(14)28-25(34)26(15)21-20(16(29-26)7-9-19(27)31)23(32)30(24(21)33)11-13-6-8-17-18(10-13)36-12-35-17/h3-6,8,10,16,20-21,29H,2,7,9,11-12H2,1H3,(H2,27,31)(H,28,34)/t16-,20+,21-,26+/m0/s1. The number of anilines is 1. The molecule has 4 amide bonds. The molecule has 186 valence electrons. The van der Waals surface area contributed by atoms with Crippen molar-refractivity contribution in [1.82, 2.24) is 10.2 Å². The van der Waals surface area contributed by atoms with Crippen LogP contribution in [0, 0.1) is 11.8 Å². The lowest BCUT2D eigenvalue weighted by Crippen LogP contribution is -2.53. The second kappa shape index (κ2) is 8.06. The van der Waals surface area contributed by atoms with E-state index in [0.717, 1.165) is 5.56 Å². The smallest absolute Gasteiger partial charge is 0.250 e. The number of benzene rings is 2. The van der Waals surface area contributed by atoms with Crippen LogP contribution in [0.25, 0.3) is 0 Å². The Kier molecular flexibility index (Phi) is 5.04. The molecule has 10 heteroatoms. The Hall–Kier alpha value is -3.92. The number of fused-ring (bicyclic) bond motifs is 5. The van der Waals surface area contributed by atoms with E-state index in [-0.39, 0.29) is 38.0 Å². The van der Waals surface area contributed by atoms with E-state index in [1.807, 2.05) is 25.1 Å². The number of rotatable bonds is 6. The number of nitrogens with zero attached hydrogens (tertiary/aromatic N) is 1. The van der Waals surface area contributed by atoms with Crippen LogP contribution in [-0.2, 0) is 37.7 Å². The minimum absolute atomic E-state index is 0.0318. The second-order valence-electron chi connectivity index (χ2n) is 9.66. The molecule has 10 nitrogen and oxygen atoms in total. The molecule has 36 heavy (non-hydrogen) atoms. The van der Waals surface area contributed by atoms with Crippen molar-refractivity contribution < 1.29 is 28.7 Å². The van der Waals surface area contributed by atoms with E-state index in [9.17, 15) is 19.2 Å². The average Bonchev–Trinajstić information content (AvgIpc) is 3.59. The van der Waals surface area contributed by atoms with Crippen molar-refractivity contribution in [2.24, 2.45) is 17.6 Å². The number of hydrogen-bond acceptors (Lipinski definition) is 7. The van der Waals surface area contributed by atoms with Gasteiger partial charge in [-0.1, -0.05) is 31.2 Å². The molecule has 0 aliphatic carbocycles. The first-order valence-corrected chi connectivity index (χ1v) is 12.1. The number of imide groups is 1. The quantitative estimate of drug-likeness (QED) is 0.516. The van der Waals surface area contributed by atoms with Crippen molar-refractivity contribution in [3.05, 3.63) is 53.1 Å². The maximum Gasteiger partial charge on any atom is 0.250 e. The first-order valence-electron chi connectivity index (χ1n) is 12.1. The van der Waals surface area contributed by atoms with Crippen LogP contribution in [0.1, 0.15) is 36.5 Å². The predicted octanol–water partition coefficient (Wildman–Crippen LogP) is 1.16. The Morgan fingerprint density at radius 1 is 1.14 bits per heavy atom. The molecule has 6 rings (SSSR count). The van der Waals surface area contributed by atoms with Gasteiger partial charge in [0.05, 0.1) is 18.4 Å². The van der Waals surface area contributed by atoms with Gasteiger partial charge in [-0.25, -0.2) is 0 Å². The van der Waals surface area contributed by atoms with Crippen LogP contribution < -0.4 is 25.8 Å². The fourth-order valence-electron chi connectivity index (χ4n) is 6.17. The minimum atomic E-state index is -1.40. The molecule has 0 radical (unpaired) electrons. The van der Waals surface area contributed by atoms with Crippen LogP contribution in [0.2, 0.25) is 0 Å². The zero-order valence-corrected chi connectivity index (χ0v) is 19.7. The summed E-state index contributed by atoms with van der Waals surface area (Å²) in [7, 11) is 0. The molecule has 2 aromatic carbocycles. The van der Waals surface area contributed by atoms with Crippen molar-refractivity contribution in [1.29, 1.82) is 0 Å². The minimum Gasteiger partial charge on any atom is -0.454 e. The summed E-state index contributed by atoms with van der Waals surface area (Å²) in [5.74, 6) is -2.22. The van der Waals surface area contributed by atoms with Gasteiger partial charge in [-0.05, 0) is 36.1 Å². The number of carbonyl (C=O) groups excluding carboxylic acids is 4. The van der Waals surface area contributed by atoms with E-state index in [0.29, 0.717) is 34.7 Å². The van der Waals surface area contributed by atoms with Gasteiger partial charge in [-0.15, -0.1) is 0 Å². The van der Waals surface area contributed by atoms with Gasteiger partial charge < -0.3 is 20.5 Å². The van der Waals surface area contributed by atoms with E-state index in [2.05, 4.69) is 10.6 Å². The number of para-hydroxylation sites is 1. The first-order chi connectivity index (χ1) is 17.3. The summed E-state index contributed by atoms with van der Waals surface area (Å²) >= 11 is 0. The van der Waals surface area contributed by atoms with Gasteiger partial charge in [0.1, 0.15) is 5.54 Å². The van der Waals surface area contributed by atoms with E-state index in [1.165, 1.54) is 4.90 Å². The fourth-order valence-corrected chi connectivity index (χ4v) is 6.17. The fraction of sp³-hybridized carbons (Fsp3) is 0.385. The van der Waals surface area contributed by atoms with Gasteiger partial charge >= 0.3 is 0 Å². The predicted molar refractivity (Wildman–Crippen MR) is 127 cm³/mol. The second-order valence-corrected chi connectivity index (χ2v) is 9.66. The van der Waals surface area contributed by atoms with Crippen LogP contribution in [-0.4, -0.2) is 41.4 Å². The van der Waals surface area contributed by atoms with Gasteiger partial charge in [0, 0.05) is 23.7 Å². The lowest BCUT2D eigenvalue weighted by Gasteiger charge is -2.29. The summed E-state index contributed by atoms with van der Waals surface area (Å²) in [5, 5.41) is 6.31. The van der Waals surface area contributed by atoms with Gasteiger partial charge in [-0.2, -0.15) is 0 Å². The average molecular weight is 491 g/mol. The molecule has 0 bridgehead atoms. The van der Waals surface area contributed by atoms with Crippen molar-refractivity contribution in [2.75, 3.05) is 12.1 Å². The molecule has 0 aromatic heterocycles. The molecule has 0 unspecified atom stereocenters. The van der Waals surface area contributed by atoms with Gasteiger partial charge in [0.15, 0.2) is 11.5 Å². The molecule has 2 aromatic rings. The van der Waals surface area contributed by atoms with Gasteiger partial charge in [0.25, 0.3) is 0 Å². The number of primary amides is 1. The number of nitrogens with one attached hydrogen (secondary N) is 2. The summed E-state index contributed by atoms with van der Waals surface area (Å²) in [6, 6.07) is 10.3. The van der Waals surface area contributed by atoms with Crippen LogP contribution in [0.4, 0.5) is 5.69 Å². The molecule has 0 saturated carbocycles. The summed E-state index contributed by atoms with van der Waals surface area (Å²) < 4.78 is 10.8. The number of amides is 4. The first kappa shape index (κ1) is 22.5. The highest BCUT2D eigenvalue weighted by atomic mass is 16.7. The highest BCUT2D eigenvalue weighted by molar-refractivity contribution is 6.15. The molecular weight excluding hydrogens is 464 g/mol. The molecule has 2 fully saturated rings. The number of likely N-dealkylation sites (tertiary alicyclic amines) is 1. The summed E-state index contributed by atoms with van der Waals surface area (Å²) in [5.41, 5.74) is 7.00. The van der Waals surface area contributed by atoms with Crippen LogP contribution >= 0.6 is 0 Å². The molecule has 4 heterocycles. The van der Waals surface area contributed by atoms with Gasteiger partial charge in [0.2, 0.25) is 30.4 Å². The van der Waals surface area contributed by atoms with Crippen LogP contribution in [0.15, 0.2) is 36.4 Å². The Balaban J connectivity index is 1.41. The molecule has 2 saturated heterocycles. The van der Waals surface area contributed by atoms with Crippen molar-refractivity contribution >= 4 is 29.3 Å². The third-order valence-electron chi connectivity index (χ3n) is 7.79. The van der Waals surface area contributed by atoms with Crippen LogP contribution in [0.3, 0.4) is 0 Å². The van der Waals surface area contributed by atoms with E-state index < -0.39 is 35.2 Å². The lowest BCUT2D eigenvalue weighted by atomic mass is 9.76.